The summed E-state index contributed by atoms with van der Waals surface area (Å²) in [5.41, 5.74) is 1.72. The maximum absolute atomic E-state index is 12.6. The average molecular weight is 382 g/mol. The summed E-state index contributed by atoms with van der Waals surface area (Å²) < 4.78 is 11.3. The molecule has 1 amide bonds. The summed E-state index contributed by atoms with van der Waals surface area (Å²) in [7, 11) is 3.87. The van der Waals surface area contributed by atoms with Crippen LogP contribution in [0.5, 0.6) is 5.75 Å². The van der Waals surface area contributed by atoms with Gasteiger partial charge in [0.1, 0.15) is 17.9 Å². The zero-order valence-corrected chi connectivity index (χ0v) is 15.8. The van der Waals surface area contributed by atoms with Gasteiger partial charge in [-0.3, -0.25) is 4.79 Å². The number of rotatable bonds is 8. The van der Waals surface area contributed by atoms with Crippen molar-refractivity contribution < 1.29 is 23.8 Å². The molecule has 28 heavy (non-hydrogen) atoms. The summed E-state index contributed by atoms with van der Waals surface area (Å²) in [5, 5.41) is 12.6. The van der Waals surface area contributed by atoms with E-state index in [0.717, 1.165) is 10.9 Å². The number of furan rings is 1. The van der Waals surface area contributed by atoms with Crippen LogP contribution in [0.1, 0.15) is 26.5 Å². The first-order valence-corrected chi connectivity index (χ1v) is 8.85. The van der Waals surface area contributed by atoms with E-state index in [1.807, 2.05) is 43.3 Å². The predicted octanol–water partition coefficient (Wildman–Crippen LogP) is 3.00. The fourth-order valence-corrected chi connectivity index (χ4v) is 2.86. The molecule has 7 nitrogen and oxygen atoms in total. The number of hydrogen-bond acceptors (Lipinski definition) is 5. The molecule has 0 saturated heterocycles. The molecule has 0 spiro atoms. The fourth-order valence-electron chi connectivity index (χ4n) is 2.86. The van der Waals surface area contributed by atoms with Crippen LogP contribution in [0.15, 0.2) is 52.9 Å². The monoisotopic (exact) mass is 382 g/mol. The van der Waals surface area contributed by atoms with Gasteiger partial charge in [0.05, 0.1) is 12.1 Å². The number of carbonyl (C=O) groups is 2. The third-order valence-electron chi connectivity index (χ3n) is 4.14. The molecule has 1 heterocycles. The number of aromatic carboxylic acids is 1. The highest BCUT2D eigenvalue weighted by Crippen LogP contribution is 2.26. The van der Waals surface area contributed by atoms with Gasteiger partial charge in [-0.15, -0.1) is 0 Å². The molecule has 146 valence electrons. The lowest BCUT2D eigenvalue weighted by Crippen LogP contribution is -2.29. The van der Waals surface area contributed by atoms with E-state index in [-0.39, 0.29) is 24.6 Å². The number of carbonyl (C=O) groups excluding carboxylic acids is 1. The first kappa shape index (κ1) is 19.4. The molecule has 2 N–H and O–H groups in total. The number of ether oxygens (including phenoxy) is 1. The lowest BCUT2D eigenvalue weighted by molar-refractivity contribution is 0.0696. The summed E-state index contributed by atoms with van der Waals surface area (Å²) in [5.74, 6) is -0.437. The zero-order valence-electron chi connectivity index (χ0n) is 15.8. The van der Waals surface area contributed by atoms with Crippen LogP contribution >= 0.6 is 0 Å². The number of carboxylic acids is 1. The van der Waals surface area contributed by atoms with E-state index in [1.54, 1.807) is 12.1 Å². The molecule has 0 radical (unpaired) electrons. The summed E-state index contributed by atoms with van der Waals surface area (Å²) in [6.45, 7) is 1.13. The Morgan fingerprint density at radius 1 is 1.11 bits per heavy atom. The summed E-state index contributed by atoms with van der Waals surface area (Å²) in [4.78, 5) is 25.4. The van der Waals surface area contributed by atoms with Crippen molar-refractivity contribution in [2.24, 2.45) is 0 Å². The van der Waals surface area contributed by atoms with E-state index in [9.17, 15) is 9.59 Å². The zero-order chi connectivity index (χ0) is 20.1. The van der Waals surface area contributed by atoms with Gasteiger partial charge in [0.25, 0.3) is 5.91 Å². The van der Waals surface area contributed by atoms with Gasteiger partial charge in [-0.25, -0.2) is 4.79 Å². The quantitative estimate of drug-likeness (QED) is 0.582. The highest BCUT2D eigenvalue weighted by molar-refractivity contribution is 5.99. The molecule has 0 unspecified atom stereocenters. The van der Waals surface area contributed by atoms with E-state index < -0.39 is 5.97 Å². The summed E-state index contributed by atoms with van der Waals surface area (Å²) in [6.07, 6.45) is 0. The highest BCUT2D eigenvalue weighted by atomic mass is 16.5. The summed E-state index contributed by atoms with van der Waals surface area (Å²) in [6, 6.07) is 13.7. The van der Waals surface area contributed by atoms with Crippen molar-refractivity contribution in [1.82, 2.24) is 10.2 Å². The van der Waals surface area contributed by atoms with Crippen LogP contribution in [0.4, 0.5) is 0 Å². The number of hydrogen-bond donors (Lipinski definition) is 2. The Kier molecular flexibility index (Phi) is 5.96. The van der Waals surface area contributed by atoms with Crippen LogP contribution in [0.3, 0.4) is 0 Å². The van der Waals surface area contributed by atoms with Gasteiger partial charge < -0.3 is 24.5 Å². The molecule has 0 aliphatic carbocycles. The Labute approximate surface area is 162 Å². The molecule has 2 aromatic carbocycles. The molecule has 0 atom stereocenters. The Hall–Kier alpha value is -3.32. The first-order chi connectivity index (χ1) is 13.5. The number of nitrogens with one attached hydrogen (secondary N) is 1. The minimum absolute atomic E-state index is 0.193. The van der Waals surface area contributed by atoms with E-state index in [1.165, 1.54) is 12.1 Å². The largest absolute Gasteiger partial charge is 0.492 e. The van der Waals surface area contributed by atoms with Crippen molar-refractivity contribution in [2.45, 2.75) is 6.54 Å². The Bertz CT molecular complexity index is 976. The van der Waals surface area contributed by atoms with Crippen LogP contribution in [0.2, 0.25) is 0 Å². The third-order valence-corrected chi connectivity index (χ3v) is 4.14. The maximum Gasteiger partial charge on any atom is 0.335 e. The number of nitrogens with zero attached hydrogens (tertiary/aromatic N) is 1. The van der Waals surface area contributed by atoms with Crippen LogP contribution in [0, 0.1) is 0 Å². The third kappa shape index (κ3) is 4.50. The molecule has 0 aliphatic rings. The average Bonchev–Trinajstić information content (AvgIpc) is 3.03. The van der Waals surface area contributed by atoms with Crippen LogP contribution in [0.25, 0.3) is 11.0 Å². The van der Waals surface area contributed by atoms with Crippen molar-refractivity contribution in [2.75, 3.05) is 27.2 Å². The topological polar surface area (TPSA) is 92.0 Å². The smallest absolute Gasteiger partial charge is 0.335 e. The van der Waals surface area contributed by atoms with Gasteiger partial charge in [-0.05, 0) is 44.4 Å². The number of para-hydroxylation sites is 1. The molecule has 0 fully saturated rings. The van der Waals surface area contributed by atoms with Crippen molar-refractivity contribution >= 4 is 22.8 Å². The van der Waals surface area contributed by atoms with Crippen molar-refractivity contribution in [3.8, 4) is 5.75 Å². The minimum Gasteiger partial charge on any atom is -0.492 e. The van der Waals surface area contributed by atoms with Gasteiger partial charge in [0, 0.05) is 17.5 Å². The predicted molar refractivity (Wildman–Crippen MR) is 105 cm³/mol. The molecule has 3 aromatic rings. The first-order valence-electron chi connectivity index (χ1n) is 8.85. The molecule has 0 saturated carbocycles. The minimum atomic E-state index is -0.988. The van der Waals surface area contributed by atoms with Crippen LogP contribution in [-0.2, 0) is 6.54 Å². The van der Waals surface area contributed by atoms with E-state index in [4.69, 9.17) is 14.3 Å². The molecule has 1 aromatic heterocycles. The van der Waals surface area contributed by atoms with Crippen molar-refractivity contribution in [3.63, 3.8) is 0 Å². The second-order valence-electron chi connectivity index (χ2n) is 6.58. The molecule has 0 bridgehead atoms. The van der Waals surface area contributed by atoms with Gasteiger partial charge >= 0.3 is 5.97 Å². The fraction of sp³-hybridized carbons (Fsp3) is 0.238. The van der Waals surface area contributed by atoms with Gasteiger partial charge in [0.2, 0.25) is 0 Å². The molecular formula is C21H22N2O5. The van der Waals surface area contributed by atoms with Gasteiger partial charge in [-0.1, -0.05) is 18.2 Å². The van der Waals surface area contributed by atoms with E-state index in [0.29, 0.717) is 23.6 Å². The normalized spacial score (nSPS) is 11.0. The highest BCUT2D eigenvalue weighted by Gasteiger charge is 2.20. The van der Waals surface area contributed by atoms with Crippen LogP contribution < -0.4 is 10.1 Å². The summed E-state index contributed by atoms with van der Waals surface area (Å²) >= 11 is 0. The Morgan fingerprint density at radius 2 is 1.82 bits per heavy atom. The SMILES string of the molecule is CN(C)Cc1c(C(=O)NCCOc2ccc(C(=O)O)cc2)oc2ccccc12. The van der Waals surface area contributed by atoms with E-state index >= 15 is 0 Å². The van der Waals surface area contributed by atoms with E-state index in [2.05, 4.69) is 5.32 Å². The van der Waals surface area contributed by atoms with Gasteiger partial charge in [-0.2, -0.15) is 0 Å². The lowest BCUT2D eigenvalue weighted by Gasteiger charge is -2.11. The Morgan fingerprint density at radius 3 is 2.50 bits per heavy atom. The Balaban J connectivity index is 1.61. The number of amides is 1. The molecule has 7 heteroatoms. The molecular weight excluding hydrogens is 360 g/mol. The molecule has 3 rings (SSSR count). The van der Waals surface area contributed by atoms with Crippen molar-refractivity contribution in [1.29, 1.82) is 0 Å². The second-order valence-corrected chi connectivity index (χ2v) is 6.58. The number of fused-ring (bicyclic) bond motifs is 1. The lowest BCUT2D eigenvalue weighted by atomic mass is 10.1. The van der Waals surface area contributed by atoms with Gasteiger partial charge in [0.15, 0.2) is 5.76 Å². The molecule has 0 aliphatic heterocycles. The number of carboxylic acid groups (broad SMARTS) is 1. The van der Waals surface area contributed by atoms with Crippen molar-refractivity contribution in [3.05, 3.63) is 65.4 Å². The second kappa shape index (κ2) is 8.58. The maximum atomic E-state index is 12.6. The number of benzene rings is 2. The van der Waals surface area contributed by atoms with Crippen LogP contribution in [-0.4, -0.2) is 49.1 Å². The standard InChI is InChI=1S/C21H22N2O5/c1-23(2)13-17-16-5-3-4-6-18(16)28-19(17)20(24)22-11-12-27-15-9-7-14(8-10-15)21(25)26/h3-10H,11-13H2,1-2H3,(H,22,24)(H,25,26).